The van der Waals surface area contributed by atoms with E-state index in [4.69, 9.17) is 11.6 Å². The van der Waals surface area contributed by atoms with Gasteiger partial charge in [0.2, 0.25) is 0 Å². The highest BCUT2D eigenvalue weighted by atomic mass is 35.5. The highest BCUT2D eigenvalue weighted by Crippen LogP contribution is 2.23. The lowest BCUT2D eigenvalue weighted by molar-refractivity contribution is 0.648. The Balaban J connectivity index is 1.85. The summed E-state index contributed by atoms with van der Waals surface area (Å²) in [4.78, 5) is 6.68. The average Bonchev–Trinajstić information content (AvgIpc) is 2.99. The van der Waals surface area contributed by atoms with Gasteiger partial charge >= 0.3 is 0 Å². The van der Waals surface area contributed by atoms with Crippen LogP contribution in [0.1, 0.15) is 13.3 Å². The van der Waals surface area contributed by atoms with Crippen molar-refractivity contribution in [2.45, 2.75) is 24.6 Å². The molecule has 4 nitrogen and oxygen atoms in total. The molecule has 0 radical (unpaired) electrons. The van der Waals surface area contributed by atoms with Crippen LogP contribution in [-0.2, 0) is 0 Å². The van der Waals surface area contributed by atoms with Crippen LogP contribution >= 0.6 is 23.4 Å². The van der Waals surface area contributed by atoms with E-state index in [0.717, 1.165) is 37.0 Å². The number of hydrogen-bond acceptors (Lipinski definition) is 3. The molecule has 1 aliphatic rings. The summed E-state index contributed by atoms with van der Waals surface area (Å²) in [6, 6.07) is 8.46. The van der Waals surface area contributed by atoms with Crippen molar-refractivity contribution in [3.63, 3.8) is 0 Å². The molecule has 1 fully saturated rings. The fourth-order valence-corrected chi connectivity index (χ4v) is 2.93. The quantitative estimate of drug-likeness (QED) is 0.638. The highest BCUT2D eigenvalue weighted by molar-refractivity contribution is 7.99. The molecule has 1 aromatic rings. The minimum atomic E-state index is 0.412. The summed E-state index contributed by atoms with van der Waals surface area (Å²) in [5.41, 5.74) is 1.19. The maximum atomic E-state index is 6.08. The summed E-state index contributed by atoms with van der Waals surface area (Å²) < 4.78 is 0. The number of benzene rings is 1. The van der Waals surface area contributed by atoms with Crippen molar-refractivity contribution in [2.24, 2.45) is 4.99 Å². The second-order valence-corrected chi connectivity index (χ2v) is 7.27. The SMILES string of the molecule is CN=C(NCC(C)SC)NC1CCN(c2cccc(Cl)c2)C1. The molecule has 1 heterocycles. The predicted octanol–water partition coefficient (Wildman–Crippen LogP) is 2.84. The number of anilines is 1. The first-order chi connectivity index (χ1) is 10.6. The van der Waals surface area contributed by atoms with E-state index in [2.05, 4.69) is 39.8 Å². The molecule has 2 N–H and O–H groups in total. The van der Waals surface area contributed by atoms with Gasteiger partial charge in [0.1, 0.15) is 0 Å². The van der Waals surface area contributed by atoms with Gasteiger partial charge in [-0.15, -0.1) is 0 Å². The van der Waals surface area contributed by atoms with Crippen molar-refractivity contribution in [1.29, 1.82) is 0 Å². The minimum absolute atomic E-state index is 0.412. The zero-order valence-electron chi connectivity index (χ0n) is 13.5. The Morgan fingerprint density at radius 1 is 1.55 bits per heavy atom. The summed E-state index contributed by atoms with van der Waals surface area (Å²) in [5.74, 6) is 0.888. The molecule has 2 rings (SSSR count). The predicted molar refractivity (Wildman–Crippen MR) is 99.5 cm³/mol. The maximum absolute atomic E-state index is 6.08. The van der Waals surface area contributed by atoms with Crippen LogP contribution in [0.3, 0.4) is 0 Å². The monoisotopic (exact) mass is 340 g/mol. The van der Waals surface area contributed by atoms with Gasteiger partial charge in [0, 0.05) is 48.7 Å². The van der Waals surface area contributed by atoms with Crippen molar-refractivity contribution in [1.82, 2.24) is 10.6 Å². The van der Waals surface area contributed by atoms with Crippen molar-refractivity contribution >= 4 is 35.0 Å². The number of halogens is 1. The van der Waals surface area contributed by atoms with E-state index < -0.39 is 0 Å². The molecule has 0 bridgehead atoms. The van der Waals surface area contributed by atoms with E-state index in [0.29, 0.717) is 11.3 Å². The van der Waals surface area contributed by atoms with Crippen LogP contribution in [0.5, 0.6) is 0 Å². The molecule has 0 saturated carbocycles. The molecule has 2 unspecified atom stereocenters. The molecule has 0 aliphatic carbocycles. The standard InChI is InChI=1S/C16H25ClN4S/c1-12(22-3)10-19-16(18-2)20-14-7-8-21(11-14)15-6-4-5-13(17)9-15/h4-6,9,12,14H,7-8,10-11H2,1-3H3,(H2,18,19,20). The largest absolute Gasteiger partial charge is 0.369 e. The van der Waals surface area contributed by atoms with E-state index in [1.54, 1.807) is 0 Å². The summed E-state index contributed by atoms with van der Waals surface area (Å²) in [6.07, 6.45) is 3.23. The molecule has 0 amide bonds. The zero-order valence-corrected chi connectivity index (χ0v) is 15.0. The molecule has 1 aliphatic heterocycles. The summed E-state index contributed by atoms with van der Waals surface area (Å²) in [7, 11) is 1.82. The van der Waals surface area contributed by atoms with Gasteiger partial charge in [-0.3, -0.25) is 4.99 Å². The fraction of sp³-hybridized carbons (Fsp3) is 0.562. The summed E-state index contributed by atoms with van der Waals surface area (Å²) in [6.45, 7) is 5.14. The van der Waals surface area contributed by atoms with Gasteiger partial charge < -0.3 is 15.5 Å². The lowest BCUT2D eigenvalue weighted by Gasteiger charge is -2.21. The Labute approximate surface area is 142 Å². The van der Waals surface area contributed by atoms with Gasteiger partial charge in [-0.1, -0.05) is 24.6 Å². The van der Waals surface area contributed by atoms with Crippen LogP contribution < -0.4 is 15.5 Å². The van der Waals surface area contributed by atoms with Crippen LogP contribution in [0, 0.1) is 0 Å². The minimum Gasteiger partial charge on any atom is -0.369 e. The fourth-order valence-electron chi connectivity index (χ4n) is 2.50. The Morgan fingerprint density at radius 2 is 2.36 bits per heavy atom. The number of nitrogens with zero attached hydrogens (tertiary/aromatic N) is 2. The van der Waals surface area contributed by atoms with Crippen molar-refractivity contribution in [3.05, 3.63) is 29.3 Å². The molecule has 6 heteroatoms. The van der Waals surface area contributed by atoms with Gasteiger partial charge in [0.25, 0.3) is 0 Å². The van der Waals surface area contributed by atoms with E-state index in [-0.39, 0.29) is 0 Å². The van der Waals surface area contributed by atoms with Gasteiger partial charge in [-0.25, -0.2) is 0 Å². The Morgan fingerprint density at radius 3 is 3.05 bits per heavy atom. The smallest absolute Gasteiger partial charge is 0.191 e. The Kier molecular flexibility index (Phi) is 6.70. The molecule has 1 aromatic carbocycles. The number of aliphatic imine (C=N–C) groups is 1. The van der Waals surface area contributed by atoms with E-state index in [1.807, 2.05) is 37.0 Å². The number of thioether (sulfide) groups is 1. The molecule has 0 spiro atoms. The lowest BCUT2D eigenvalue weighted by Crippen LogP contribution is -2.46. The van der Waals surface area contributed by atoms with Crippen LogP contribution in [0.15, 0.2) is 29.3 Å². The van der Waals surface area contributed by atoms with Crippen molar-refractivity contribution in [2.75, 3.05) is 37.8 Å². The third-order valence-electron chi connectivity index (χ3n) is 3.89. The Hall–Kier alpha value is -1.07. The third kappa shape index (κ3) is 4.99. The van der Waals surface area contributed by atoms with E-state index >= 15 is 0 Å². The van der Waals surface area contributed by atoms with Crippen LogP contribution in [0.2, 0.25) is 5.02 Å². The molecule has 2 atom stereocenters. The highest BCUT2D eigenvalue weighted by Gasteiger charge is 2.23. The van der Waals surface area contributed by atoms with Crippen LogP contribution in [-0.4, -0.2) is 50.2 Å². The number of guanidine groups is 1. The van der Waals surface area contributed by atoms with Gasteiger partial charge in [0.05, 0.1) is 0 Å². The van der Waals surface area contributed by atoms with E-state index in [9.17, 15) is 0 Å². The van der Waals surface area contributed by atoms with Gasteiger partial charge in [0.15, 0.2) is 5.96 Å². The van der Waals surface area contributed by atoms with E-state index in [1.165, 1.54) is 5.69 Å². The second kappa shape index (κ2) is 8.53. The topological polar surface area (TPSA) is 39.7 Å². The molecule has 0 aromatic heterocycles. The molecule has 22 heavy (non-hydrogen) atoms. The second-order valence-electron chi connectivity index (χ2n) is 5.56. The normalized spacial score (nSPS) is 20.1. The number of rotatable bonds is 5. The molecule has 1 saturated heterocycles. The van der Waals surface area contributed by atoms with Crippen molar-refractivity contribution < 1.29 is 0 Å². The number of hydrogen-bond donors (Lipinski definition) is 2. The first kappa shape index (κ1) is 17.3. The molecular weight excluding hydrogens is 316 g/mol. The lowest BCUT2D eigenvalue weighted by atomic mass is 10.2. The zero-order chi connectivity index (χ0) is 15.9. The average molecular weight is 341 g/mol. The third-order valence-corrected chi connectivity index (χ3v) is 5.09. The first-order valence-electron chi connectivity index (χ1n) is 7.63. The molecular formula is C16H25ClN4S. The first-order valence-corrected chi connectivity index (χ1v) is 9.29. The molecule has 122 valence electrons. The van der Waals surface area contributed by atoms with Crippen LogP contribution in [0.25, 0.3) is 0 Å². The van der Waals surface area contributed by atoms with Crippen molar-refractivity contribution in [3.8, 4) is 0 Å². The maximum Gasteiger partial charge on any atom is 0.191 e. The number of nitrogens with one attached hydrogen (secondary N) is 2. The van der Waals surface area contributed by atoms with Gasteiger partial charge in [-0.2, -0.15) is 11.8 Å². The Bertz CT molecular complexity index is 509. The summed E-state index contributed by atoms with van der Waals surface area (Å²) in [5, 5.41) is 8.27. The summed E-state index contributed by atoms with van der Waals surface area (Å²) >= 11 is 7.93. The van der Waals surface area contributed by atoms with Crippen LogP contribution in [0.4, 0.5) is 5.69 Å². The van der Waals surface area contributed by atoms with Gasteiger partial charge in [-0.05, 0) is 30.9 Å².